The van der Waals surface area contributed by atoms with Crippen LogP contribution in [-0.4, -0.2) is 24.8 Å². The molecule has 0 aliphatic rings. The van der Waals surface area contributed by atoms with Crippen molar-refractivity contribution in [1.82, 2.24) is 24.3 Å². The van der Waals surface area contributed by atoms with E-state index in [1.807, 2.05) is 23.9 Å². The summed E-state index contributed by atoms with van der Waals surface area (Å²) in [5.41, 5.74) is 2.08. The summed E-state index contributed by atoms with van der Waals surface area (Å²) >= 11 is 1.67. The van der Waals surface area contributed by atoms with E-state index in [2.05, 4.69) is 47.4 Å². The number of amides is 1. The lowest BCUT2D eigenvalue weighted by atomic mass is 10.2. The van der Waals surface area contributed by atoms with Gasteiger partial charge in [-0.25, -0.2) is 9.97 Å². The first-order valence-corrected chi connectivity index (χ1v) is 8.94. The summed E-state index contributed by atoms with van der Waals surface area (Å²) in [6, 6.07) is -0.294. The van der Waals surface area contributed by atoms with E-state index in [4.69, 9.17) is 0 Å². The molecule has 0 spiro atoms. The predicted octanol–water partition coefficient (Wildman–Crippen LogP) is 3.21. The van der Waals surface area contributed by atoms with Crippen molar-refractivity contribution in [3.63, 3.8) is 0 Å². The molecular weight excluding hydrogens is 322 g/mol. The van der Waals surface area contributed by atoms with E-state index in [1.165, 1.54) is 10.6 Å². The van der Waals surface area contributed by atoms with Gasteiger partial charge in [0.05, 0.1) is 12.2 Å². The maximum absolute atomic E-state index is 12.5. The average molecular weight is 345 g/mol. The third kappa shape index (κ3) is 2.96. The zero-order valence-electron chi connectivity index (χ0n) is 14.7. The highest BCUT2D eigenvalue weighted by molar-refractivity contribution is 7.17. The molecule has 3 rings (SSSR count). The minimum Gasteiger partial charge on any atom is -0.349 e. The molecule has 3 aromatic rings. The van der Waals surface area contributed by atoms with E-state index in [0.717, 1.165) is 16.5 Å². The molecule has 0 saturated carbocycles. The third-order valence-electron chi connectivity index (χ3n) is 4.29. The fourth-order valence-corrected chi connectivity index (χ4v) is 3.71. The van der Waals surface area contributed by atoms with Gasteiger partial charge in [-0.2, -0.15) is 0 Å². The number of aryl methyl sites for hydroxylation is 2. The van der Waals surface area contributed by atoms with Gasteiger partial charge in [-0.3, -0.25) is 9.20 Å². The van der Waals surface area contributed by atoms with Crippen molar-refractivity contribution in [3.05, 3.63) is 40.7 Å². The highest BCUT2D eigenvalue weighted by Gasteiger charge is 2.19. The molecule has 0 aliphatic carbocycles. The Morgan fingerprint density at radius 2 is 2.08 bits per heavy atom. The molecule has 128 valence electrons. The van der Waals surface area contributed by atoms with E-state index >= 15 is 0 Å². The molecule has 0 fully saturated rings. The van der Waals surface area contributed by atoms with Gasteiger partial charge in [-0.15, -0.1) is 11.3 Å². The Morgan fingerprint density at radius 1 is 1.33 bits per heavy atom. The standard InChI is InChI=1S/C17H23N5OS/c1-10(2)15-18-6-7-21(15)12(4)16(23)19-8-14-9-22-11(3)13(5)24-17(22)20-14/h6-7,9-10,12H,8H2,1-5H3,(H,19,23). The molecule has 0 radical (unpaired) electrons. The smallest absolute Gasteiger partial charge is 0.243 e. The Morgan fingerprint density at radius 3 is 2.75 bits per heavy atom. The van der Waals surface area contributed by atoms with E-state index in [1.54, 1.807) is 17.5 Å². The van der Waals surface area contributed by atoms with Crippen molar-refractivity contribution in [3.8, 4) is 0 Å². The number of aromatic nitrogens is 4. The van der Waals surface area contributed by atoms with Gasteiger partial charge in [0.15, 0.2) is 4.96 Å². The number of rotatable bonds is 5. The Kier molecular flexibility index (Phi) is 4.45. The van der Waals surface area contributed by atoms with Crippen LogP contribution in [0.2, 0.25) is 0 Å². The Balaban J connectivity index is 1.68. The summed E-state index contributed by atoms with van der Waals surface area (Å²) in [5, 5.41) is 2.98. The summed E-state index contributed by atoms with van der Waals surface area (Å²) in [5.74, 6) is 1.17. The monoisotopic (exact) mass is 345 g/mol. The molecule has 7 heteroatoms. The average Bonchev–Trinajstić information content (AvgIpc) is 3.22. The van der Waals surface area contributed by atoms with Gasteiger partial charge >= 0.3 is 0 Å². The number of nitrogens with one attached hydrogen (secondary N) is 1. The van der Waals surface area contributed by atoms with Crippen LogP contribution in [0, 0.1) is 13.8 Å². The second-order valence-corrected chi connectivity index (χ2v) is 7.55. The normalized spacial score (nSPS) is 12.9. The van der Waals surface area contributed by atoms with Gasteiger partial charge in [0, 0.05) is 35.1 Å². The van der Waals surface area contributed by atoms with Crippen LogP contribution in [0.1, 0.15) is 54.8 Å². The molecule has 1 amide bonds. The van der Waals surface area contributed by atoms with Gasteiger partial charge in [0.2, 0.25) is 5.91 Å². The first-order chi connectivity index (χ1) is 11.4. The SMILES string of the molecule is Cc1sc2nc(CNC(=O)C(C)n3ccnc3C(C)C)cn2c1C. The maximum Gasteiger partial charge on any atom is 0.243 e. The highest BCUT2D eigenvalue weighted by atomic mass is 32.1. The van der Waals surface area contributed by atoms with Gasteiger partial charge in [-0.05, 0) is 20.8 Å². The summed E-state index contributed by atoms with van der Waals surface area (Å²) < 4.78 is 4.01. The zero-order valence-corrected chi connectivity index (χ0v) is 15.5. The number of imidazole rings is 2. The molecule has 3 aromatic heterocycles. The number of nitrogens with zero attached hydrogens (tertiary/aromatic N) is 4. The number of thiazole rings is 1. The molecule has 0 aromatic carbocycles. The summed E-state index contributed by atoms with van der Waals surface area (Å²) in [7, 11) is 0. The predicted molar refractivity (Wildman–Crippen MR) is 95.4 cm³/mol. The van der Waals surface area contributed by atoms with Crippen LogP contribution >= 0.6 is 11.3 Å². The minimum atomic E-state index is -0.294. The molecule has 6 nitrogen and oxygen atoms in total. The van der Waals surface area contributed by atoms with Crippen molar-refractivity contribution in [2.75, 3.05) is 0 Å². The number of fused-ring (bicyclic) bond motifs is 1. The molecule has 3 heterocycles. The second kappa shape index (κ2) is 6.39. The van der Waals surface area contributed by atoms with Crippen molar-refractivity contribution < 1.29 is 4.79 Å². The Labute approximate surface area is 145 Å². The van der Waals surface area contributed by atoms with Crippen molar-refractivity contribution in [2.24, 2.45) is 0 Å². The van der Waals surface area contributed by atoms with Crippen LogP contribution in [-0.2, 0) is 11.3 Å². The van der Waals surface area contributed by atoms with E-state index in [0.29, 0.717) is 6.54 Å². The van der Waals surface area contributed by atoms with Gasteiger partial charge < -0.3 is 9.88 Å². The van der Waals surface area contributed by atoms with Gasteiger partial charge in [0.1, 0.15) is 11.9 Å². The molecular formula is C17H23N5OS. The molecule has 1 unspecified atom stereocenters. The number of carbonyl (C=O) groups excluding carboxylic acids is 1. The van der Waals surface area contributed by atoms with E-state index in [9.17, 15) is 4.79 Å². The molecule has 1 atom stereocenters. The van der Waals surface area contributed by atoms with Crippen molar-refractivity contribution >= 4 is 22.2 Å². The third-order valence-corrected chi connectivity index (χ3v) is 5.37. The van der Waals surface area contributed by atoms with Crippen LogP contribution in [0.25, 0.3) is 4.96 Å². The van der Waals surface area contributed by atoms with Crippen molar-refractivity contribution in [2.45, 2.75) is 53.1 Å². The largest absolute Gasteiger partial charge is 0.349 e. The number of hydrogen-bond donors (Lipinski definition) is 1. The van der Waals surface area contributed by atoms with Crippen LogP contribution in [0.5, 0.6) is 0 Å². The highest BCUT2D eigenvalue weighted by Crippen LogP contribution is 2.22. The lowest BCUT2D eigenvalue weighted by molar-refractivity contribution is -0.124. The number of hydrogen-bond acceptors (Lipinski definition) is 4. The van der Waals surface area contributed by atoms with Crippen LogP contribution in [0.4, 0.5) is 0 Å². The first kappa shape index (κ1) is 16.7. The van der Waals surface area contributed by atoms with Crippen LogP contribution in [0.3, 0.4) is 0 Å². The van der Waals surface area contributed by atoms with Crippen LogP contribution < -0.4 is 5.32 Å². The lowest BCUT2D eigenvalue weighted by Gasteiger charge is -2.17. The van der Waals surface area contributed by atoms with E-state index < -0.39 is 0 Å². The lowest BCUT2D eigenvalue weighted by Crippen LogP contribution is -2.31. The summed E-state index contributed by atoms with van der Waals surface area (Å²) in [4.78, 5) is 23.6. The second-order valence-electron chi connectivity index (χ2n) is 6.37. The quantitative estimate of drug-likeness (QED) is 0.772. The molecule has 24 heavy (non-hydrogen) atoms. The van der Waals surface area contributed by atoms with E-state index in [-0.39, 0.29) is 17.9 Å². The van der Waals surface area contributed by atoms with Crippen LogP contribution in [0.15, 0.2) is 18.6 Å². The van der Waals surface area contributed by atoms with Gasteiger partial charge in [0.25, 0.3) is 0 Å². The summed E-state index contributed by atoms with van der Waals surface area (Å²) in [6.07, 6.45) is 5.60. The molecule has 0 saturated heterocycles. The molecule has 0 aliphatic heterocycles. The summed E-state index contributed by atoms with van der Waals surface area (Å²) in [6.45, 7) is 10.6. The van der Waals surface area contributed by atoms with Crippen molar-refractivity contribution in [1.29, 1.82) is 0 Å². The molecule has 0 bridgehead atoms. The fourth-order valence-electron chi connectivity index (χ4n) is 2.74. The Hall–Kier alpha value is -2.15. The zero-order chi connectivity index (χ0) is 17.4. The maximum atomic E-state index is 12.5. The number of carbonyl (C=O) groups is 1. The first-order valence-electron chi connectivity index (χ1n) is 8.13. The Bertz CT molecular complexity index is 873. The molecule has 1 N–H and O–H groups in total. The van der Waals surface area contributed by atoms with Gasteiger partial charge in [-0.1, -0.05) is 13.8 Å². The topological polar surface area (TPSA) is 64.2 Å². The fraction of sp³-hybridized carbons (Fsp3) is 0.471. The minimum absolute atomic E-state index is 0.0286.